The molecule has 0 radical (unpaired) electrons. The minimum Gasteiger partial charge on any atom is -0.310 e. The molecule has 0 spiro atoms. The molecule has 0 aliphatic rings. The van der Waals surface area contributed by atoms with Crippen molar-refractivity contribution in [1.29, 1.82) is 0 Å². The number of thiophene rings is 1. The van der Waals surface area contributed by atoms with Crippen molar-refractivity contribution < 1.29 is 13.2 Å². The predicted molar refractivity (Wildman–Crippen MR) is 114 cm³/mol. The van der Waals surface area contributed by atoms with E-state index in [1.807, 2.05) is 47.6 Å². The highest BCUT2D eigenvalue weighted by Gasteiger charge is 2.28. The van der Waals surface area contributed by atoms with E-state index in [9.17, 15) is 13.2 Å². The summed E-state index contributed by atoms with van der Waals surface area (Å²) in [7, 11) is -2.41. The second-order valence-corrected chi connectivity index (χ2v) is 12.6. The quantitative estimate of drug-likeness (QED) is 0.754. The number of hydrogen-bond donors (Lipinski definition) is 1. The van der Waals surface area contributed by atoms with Crippen LogP contribution in [0.5, 0.6) is 0 Å². The zero-order valence-electron chi connectivity index (χ0n) is 17.2. The Labute approximate surface area is 175 Å². The topological polar surface area (TPSA) is 84.3 Å². The van der Waals surface area contributed by atoms with Crippen molar-refractivity contribution in [3.63, 3.8) is 0 Å². The van der Waals surface area contributed by atoms with Gasteiger partial charge >= 0.3 is 0 Å². The van der Waals surface area contributed by atoms with Crippen molar-refractivity contribution in [2.45, 2.75) is 56.7 Å². The average Bonchev–Trinajstić information content (AvgIpc) is 3.12. The third-order valence-electron chi connectivity index (χ3n) is 3.96. The molecule has 156 valence electrons. The summed E-state index contributed by atoms with van der Waals surface area (Å²) in [6.45, 7) is 11.8. The van der Waals surface area contributed by atoms with Crippen LogP contribution in [0.2, 0.25) is 4.34 Å². The first-order chi connectivity index (χ1) is 12.6. The zero-order valence-corrected chi connectivity index (χ0v) is 19.6. The van der Waals surface area contributed by atoms with E-state index < -0.39 is 15.9 Å². The molecule has 0 fully saturated rings. The van der Waals surface area contributed by atoms with Crippen molar-refractivity contribution in [2.24, 2.45) is 0 Å². The summed E-state index contributed by atoms with van der Waals surface area (Å²) in [6.07, 6.45) is 0. The summed E-state index contributed by atoms with van der Waals surface area (Å²) < 4.78 is 28.4. The van der Waals surface area contributed by atoms with Gasteiger partial charge in [-0.15, -0.1) is 11.3 Å². The molecule has 0 aliphatic carbocycles. The van der Waals surface area contributed by atoms with Gasteiger partial charge in [0.05, 0.1) is 22.1 Å². The third-order valence-corrected chi connectivity index (χ3v) is 7.46. The first-order valence-electron chi connectivity index (χ1n) is 8.75. The first kappa shape index (κ1) is 22.9. The van der Waals surface area contributed by atoms with E-state index >= 15 is 0 Å². The summed E-state index contributed by atoms with van der Waals surface area (Å²) in [5.74, 6) is 0.0898. The Balaban J connectivity index is 2.22. The van der Waals surface area contributed by atoms with Crippen LogP contribution >= 0.6 is 22.9 Å². The highest BCUT2D eigenvalue weighted by atomic mass is 35.5. The molecule has 2 rings (SSSR count). The fourth-order valence-electron chi connectivity index (χ4n) is 2.41. The number of hydrogen-bond acceptors (Lipinski definition) is 5. The lowest BCUT2D eigenvalue weighted by atomic mass is 9.92. The van der Waals surface area contributed by atoms with Crippen LogP contribution in [0.3, 0.4) is 0 Å². The summed E-state index contributed by atoms with van der Waals surface area (Å²) in [5.41, 5.74) is 0.304. The average molecular weight is 447 g/mol. The Hall–Kier alpha value is -1.42. The Morgan fingerprint density at radius 1 is 1.25 bits per heavy atom. The fourth-order valence-corrected chi connectivity index (χ4v) is 5.23. The van der Waals surface area contributed by atoms with Gasteiger partial charge in [-0.2, -0.15) is 9.40 Å². The van der Waals surface area contributed by atoms with Crippen LogP contribution in [0.25, 0.3) is 0 Å². The van der Waals surface area contributed by atoms with Gasteiger partial charge in [0.1, 0.15) is 10.0 Å². The number of likely N-dealkylation sites (N-methyl/N-ethyl adjacent to an activating group) is 1. The highest BCUT2D eigenvalue weighted by Crippen LogP contribution is 2.29. The van der Waals surface area contributed by atoms with Gasteiger partial charge < -0.3 is 5.32 Å². The standard InChI is InChI=1S/C18H27ClN4O3S2/c1-17(2,3)12-10-14(23(21-12)18(4,5)6)20-15(24)11-22(7)28(25,26)16-9-8-13(19)27-16/h8-10H,11H2,1-7H3,(H,20,24). The van der Waals surface area contributed by atoms with E-state index in [1.54, 1.807) is 4.68 Å². The minimum atomic E-state index is -3.78. The van der Waals surface area contributed by atoms with Crippen molar-refractivity contribution in [2.75, 3.05) is 18.9 Å². The first-order valence-corrected chi connectivity index (χ1v) is 11.4. The molecule has 2 aromatic rings. The number of aromatic nitrogens is 2. The molecule has 7 nitrogen and oxygen atoms in total. The molecule has 0 saturated heterocycles. The monoisotopic (exact) mass is 446 g/mol. The Morgan fingerprint density at radius 2 is 1.86 bits per heavy atom. The lowest BCUT2D eigenvalue weighted by molar-refractivity contribution is -0.116. The number of sulfonamides is 1. The maximum atomic E-state index is 12.6. The molecule has 0 bridgehead atoms. The summed E-state index contributed by atoms with van der Waals surface area (Å²) in [5, 5.41) is 7.44. The number of rotatable bonds is 5. The van der Waals surface area contributed by atoms with Gasteiger partial charge in [-0.25, -0.2) is 13.1 Å². The number of halogens is 1. The summed E-state index contributed by atoms with van der Waals surface area (Å²) in [4.78, 5) is 12.6. The number of anilines is 1. The normalized spacial score (nSPS) is 13.2. The van der Waals surface area contributed by atoms with Gasteiger partial charge in [0.15, 0.2) is 0 Å². The van der Waals surface area contributed by atoms with Crippen molar-refractivity contribution in [3.8, 4) is 0 Å². The summed E-state index contributed by atoms with van der Waals surface area (Å²) in [6, 6.07) is 4.78. The Bertz CT molecular complexity index is 966. The number of carbonyl (C=O) groups excluding carboxylic acids is 1. The number of amides is 1. The van der Waals surface area contributed by atoms with Crippen LogP contribution in [-0.2, 0) is 25.8 Å². The van der Waals surface area contributed by atoms with E-state index in [-0.39, 0.29) is 21.7 Å². The van der Waals surface area contributed by atoms with Gasteiger partial charge in [0.25, 0.3) is 10.0 Å². The fraction of sp³-hybridized carbons (Fsp3) is 0.556. The molecule has 28 heavy (non-hydrogen) atoms. The Kier molecular flexibility index (Phi) is 6.35. The van der Waals surface area contributed by atoms with Crippen LogP contribution in [0.4, 0.5) is 5.82 Å². The van der Waals surface area contributed by atoms with E-state index in [4.69, 9.17) is 11.6 Å². The van der Waals surface area contributed by atoms with Crippen molar-refractivity contribution >= 4 is 44.7 Å². The van der Waals surface area contributed by atoms with Crippen LogP contribution in [0.15, 0.2) is 22.4 Å². The molecule has 2 heterocycles. The van der Waals surface area contributed by atoms with Crippen LogP contribution in [-0.4, -0.2) is 42.0 Å². The lowest BCUT2D eigenvalue weighted by Gasteiger charge is -2.23. The predicted octanol–water partition coefficient (Wildman–Crippen LogP) is 3.91. The maximum Gasteiger partial charge on any atom is 0.252 e. The molecule has 0 unspecified atom stereocenters. The van der Waals surface area contributed by atoms with Crippen molar-refractivity contribution in [3.05, 3.63) is 28.2 Å². The number of carbonyl (C=O) groups is 1. The molecule has 1 N–H and O–H groups in total. The van der Waals surface area contributed by atoms with Crippen LogP contribution in [0.1, 0.15) is 47.2 Å². The van der Waals surface area contributed by atoms with Crippen LogP contribution in [0, 0.1) is 0 Å². The largest absolute Gasteiger partial charge is 0.310 e. The third kappa shape index (κ3) is 5.14. The smallest absolute Gasteiger partial charge is 0.252 e. The van der Waals surface area contributed by atoms with Crippen LogP contribution < -0.4 is 5.32 Å². The SMILES string of the molecule is CN(CC(=O)Nc1cc(C(C)(C)C)nn1C(C)(C)C)S(=O)(=O)c1ccc(Cl)s1. The van der Waals surface area contributed by atoms with E-state index in [0.717, 1.165) is 21.3 Å². The molecule has 0 aliphatic heterocycles. The van der Waals surface area contributed by atoms with Gasteiger partial charge in [-0.3, -0.25) is 4.79 Å². The molecule has 0 saturated carbocycles. The second kappa shape index (κ2) is 7.78. The highest BCUT2D eigenvalue weighted by molar-refractivity contribution is 7.91. The number of nitrogens with one attached hydrogen (secondary N) is 1. The second-order valence-electron chi connectivity index (χ2n) is 8.62. The van der Waals surface area contributed by atoms with Gasteiger partial charge in [-0.1, -0.05) is 32.4 Å². The Morgan fingerprint density at radius 3 is 2.32 bits per heavy atom. The summed E-state index contributed by atoms with van der Waals surface area (Å²) >= 11 is 6.79. The van der Waals surface area contributed by atoms with E-state index in [2.05, 4.69) is 10.4 Å². The minimum absolute atomic E-state index is 0.0996. The molecule has 1 amide bonds. The van der Waals surface area contributed by atoms with Crippen molar-refractivity contribution in [1.82, 2.24) is 14.1 Å². The number of nitrogens with zero attached hydrogens (tertiary/aromatic N) is 3. The lowest BCUT2D eigenvalue weighted by Crippen LogP contribution is -2.35. The molecule has 0 atom stereocenters. The van der Waals surface area contributed by atoms with Gasteiger partial charge in [0, 0.05) is 18.5 Å². The van der Waals surface area contributed by atoms with E-state index in [1.165, 1.54) is 19.2 Å². The molecular weight excluding hydrogens is 420 g/mol. The van der Waals surface area contributed by atoms with Gasteiger partial charge in [0.2, 0.25) is 5.91 Å². The molecular formula is C18H27ClN4O3S2. The molecule has 0 aromatic carbocycles. The maximum absolute atomic E-state index is 12.6. The van der Waals surface area contributed by atoms with Gasteiger partial charge in [-0.05, 0) is 32.9 Å². The van der Waals surface area contributed by atoms with E-state index in [0.29, 0.717) is 10.2 Å². The zero-order chi connectivity index (χ0) is 21.5. The molecule has 2 aromatic heterocycles. The molecule has 10 heteroatoms.